The summed E-state index contributed by atoms with van der Waals surface area (Å²) in [5.41, 5.74) is 4.82. The third-order valence-corrected chi connectivity index (χ3v) is 5.82. The summed E-state index contributed by atoms with van der Waals surface area (Å²) in [7, 11) is 1.90. The molecule has 0 unspecified atom stereocenters. The number of para-hydroxylation sites is 1. The Morgan fingerprint density at radius 3 is 2.81 bits per heavy atom. The summed E-state index contributed by atoms with van der Waals surface area (Å²) in [5.74, 6) is 1.48. The molecule has 0 N–H and O–H groups in total. The van der Waals surface area contributed by atoms with Crippen LogP contribution in [0.3, 0.4) is 0 Å². The predicted octanol–water partition coefficient (Wildman–Crippen LogP) is 3.94. The van der Waals surface area contributed by atoms with Gasteiger partial charge in [0.15, 0.2) is 0 Å². The van der Waals surface area contributed by atoms with Gasteiger partial charge in [-0.3, -0.25) is 4.79 Å². The molecule has 4 rings (SSSR count). The molecule has 0 aliphatic carbocycles. The predicted molar refractivity (Wildman–Crippen MR) is 87.2 cm³/mol. The maximum atomic E-state index is 12.9. The van der Waals surface area contributed by atoms with Gasteiger partial charge in [-0.25, -0.2) is 0 Å². The van der Waals surface area contributed by atoms with E-state index in [0.29, 0.717) is 5.92 Å². The number of aryl methyl sites for hydroxylation is 1. The summed E-state index contributed by atoms with van der Waals surface area (Å²) in [5, 5.41) is 0. The third-order valence-electron chi connectivity index (χ3n) is 4.62. The number of rotatable bonds is 0. The molecule has 2 heterocycles. The molecule has 3 heteroatoms. The van der Waals surface area contributed by atoms with Gasteiger partial charge in [0.05, 0.1) is 5.92 Å². The van der Waals surface area contributed by atoms with Crippen LogP contribution in [0.15, 0.2) is 47.4 Å². The average molecular weight is 295 g/mol. The van der Waals surface area contributed by atoms with Crippen LogP contribution in [0, 0.1) is 6.92 Å². The third kappa shape index (κ3) is 1.84. The Hall–Kier alpha value is -1.74. The van der Waals surface area contributed by atoms with Crippen LogP contribution in [0.1, 0.15) is 28.5 Å². The van der Waals surface area contributed by atoms with E-state index in [0.717, 1.165) is 11.4 Å². The second-order valence-corrected chi connectivity index (χ2v) is 6.95. The number of thioether (sulfide) groups is 1. The van der Waals surface area contributed by atoms with E-state index in [9.17, 15) is 4.79 Å². The highest BCUT2D eigenvalue weighted by molar-refractivity contribution is 7.99. The largest absolute Gasteiger partial charge is 0.315 e. The molecule has 106 valence electrons. The number of carbonyl (C=O) groups excluding carboxylic acids is 1. The SMILES string of the molecule is Cc1ccc2c(c1)[C@@H]1C(=O)N(C)c3ccccc3[C@@H]1CS2. The van der Waals surface area contributed by atoms with Crippen molar-refractivity contribution in [1.29, 1.82) is 0 Å². The molecule has 2 atom stereocenters. The van der Waals surface area contributed by atoms with Gasteiger partial charge in [-0.2, -0.15) is 0 Å². The van der Waals surface area contributed by atoms with Crippen LogP contribution in [-0.2, 0) is 4.79 Å². The Balaban J connectivity index is 1.92. The van der Waals surface area contributed by atoms with Crippen molar-refractivity contribution in [3.63, 3.8) is 0 Å². The molecule has 0 aromatic heterocycles. The summed E-state index contributed by atoms with van der Waals surface area (Å²) in [6.07, 6.45) is 0. The molecule has 1 amide bonds. The molecule has 21 heavy (non-hydrogen) atoms. The van der Waals surface area contributed by atoms with Gasteiger partial charge < -0.3 is 4.90 Å². The minimum absolute atomic E-state index is 0.0268. The molecular weight excluding hydrogens is 278 g/mol. The lowest BCUT2D eigenvalue weighted by molar-refractivity contribution is -0.120. The number of hydrogen-bond donors (Lipinski definition) is 0. The molecular formula is C18H17NOS. The Bertz CT molecular complexity index is 740. The summed E-state index contributed by atoms with van der Waals surface area (Å²) in [4.78, 5) is 16.0. The fraction of sp³-hybridized carbons (Fsp3) is 0.278. The van der Waals surface area contributed by atoms with E-state index >= 15 is 0 Å². The molecule has 0 saturated heterocycles. The monoisotopic (exact) mass is 295 g/mol. The molecule has 0 spiro atoms. The van der Waals surface area contributed by atoms with E-state index in [1.807, 2.05) is 29.8 Å². The molecule has 2 aliphatic heterocycles. The van der Waals surface area contributed by atoms with Crippen LogP contribution in [0.25, 0.3) is 0 Å². The first-order valence-corrected chi connectivity index (χ1v) is 8.25. The molecule has 0 radical (unpaired) electrons. The van der Waals surface area contributed by atoms with Gasteiger partial charge in [0.2, 0.25) is 5.91 Å². The van der Waals surface area contributed by atoms with E-state index in [-0.39, 0.29) is 11.8 Å². The van der Waals surface area contributed by atoms with E-state index < -0.39 is 0 Å². The number of likely N-dealkylation sites (N-methyl/N-ethyl adjacent to an activating group) is 1. The number of fused-ring (bicyclic) bond motifs is 5. The van der Waals surface area contributed by atoms with Crippen LogP contribution in [0.2, 0.25) is 0 Å². The van der Waals surface area contributed by atoms with Crippen molar-refractivity contribution in [2.75, 3.05) is 17.7 Å². The van der Waals surface area contributed by atoms with E-state index in [2.05, 4.69) is 43.3 Å². The standard InChI is InChI=1S/C18H17NOS/c1-11-7-8-16-13(9-11)17-14(10-21-16)12-5-3-4-6-15(12)19(2)18(17)20/h3-9,14,17H,10H2,1-2H3/t14-,17-/m0/s1. The Labute approximate surface area is 129 Å². The van der Waals surface area contributed by atoms with Crippen LogP contribution < -0.4 is 4.90 Å². The lowest BCUT2D eigenvalue weighted by Gasteiger charge is -2.41. The molecule has 2 aromatic rings. The van der Waals surface area contributed by atoms with Gasteiger partial charge >= 0.3 is 0 Å². The van der Waals surface area contributed by atoms with Crippen molar-refractivity contribution in [2.24, 2.45) is 0 Å². The number of carbonyl (C=O) groups is 1. The van der Waals surface area contributed by atoms with Crippen LogP contribution in [0.5, 0.6) is 0 Å². The van der Waals surface area contributed by atoms with Gasteiger partial charge in [0, 0.05) is 29.3 Å². The zero-order valence-electron chi connectivity index (χ0n) is 12.2. The van der Waals surface area contributed by atoms with Crippen molar-refractivity contribution < 1.29 is 4.79 Å². The number of benzene rings is 2. The fourth-order valence-electron chi connectivity index (χ4n) is 3.54. The van der Waals surface area contributed by atoms with E-state index in [4.69, 9.17) is 0 Å². The first-order valence-electron chi connectivity index (χ1n) is 7.26. The Morgan fingerprint density at radius 1 is 1.14 bits per heavy atom. The highest BCUT2D eigenvalue weighted by Crippen LogP contribution is 2.51. The Kier molecular flexibility index (Phi) is 2.86. The van der Waals surface area contributed by atoms with Crippen molar-refractivity contribution in [1.82, 2.24) is 0 Å². The quantitative estimate of drug-likeness (QED) is 0.733. The number of amides is 1. The molecule has 2 nitrogen and oxygen atoms in total. The van der Waals surface area contributed by atoms with E-state index in [1.165, 1.54) is 21.6 Å². The van der Waals surface area contributed by atoms with Gasteiger partial charge in [-0.1, -0.05) is 35.9 Å². The minimum atomic E-state index is -0.0268. The van der Waals surface area contributed by atoms with E-state index in [1.54, 1.807) is 0 Å². The normalized spacial score (nSPS) is 23.3. The van der Waals surface area contributed by atoms with Crippen molar-refractivity contribution in [3.05, 3.63) is 59.2 Å². The second-order valence-electron chi connectivity index (χ2n) is 5.89. The number of nitrogens with zero attached hydrogens (tertiary/aromatic N) is 1. The smallest absolute Gasteiger partial charge is 0.234 e. The minimum Gasteiger partial charge on any atom is -0.315 e. The second kappa shape index (κ2) is 4.63. The zero-order chi connectivity index (χ0) is 14.6. The fourth-order valence-corrected chi connectivity index (χ4v) is 4.79. The Morgan fingerprint density at radius 2 is 1.95 bits per heavy atom. The van der Waals surface area contributed by atoms with Gasteiger partial charge in [-0.15, -0.1) is 11.8 Å². The molecule has 0 saturated carbocycles. The van der Waals surface area contributed by atoms with Crippen molar-refractivity contribution >= 4 is 23.4 Å². The highest BCUT2D eigenvalue weighted by atomic mass is 32.2. The summed E-state index contributed by atoms with van der Waals surface area (Å²) in [6, 6.07) is 14.8. The summed E-state index contributed by atoms with van der Waals surface area (Å²) < 4.78 is 0. The number of anilines is 1. The van der Waals surface area contributed by atoms with Gasteiger partial charge in [0.25, 0.3) is 0 Å². The zero-order valence-corrected chi connectivity index (χ0v) is 13.0. The molecule has 2 aromatic carbocycles. The first kappa shape index (κ1) is 13.0. The van der Waals surface area contributed by atoms with Gasteiger partial charge in [0.1, 0.15) is 0 Å². The van der Waals surface area contributed by atoms with Gasteiger partial charge in [-0.05, 0) is 30.2 Å². The maximum Gasteiger partial charge on any atom is 0.234 e. The van der Waals surface area contributed by atoms with Crippen LogP contribution in [-0.4, -0.2) is 18.7 Å². The first-order chi connectivity index (χ1) is 10.2. The van der Waals surface area contributed by atoms with Crippen molar-refractivity contribution in [3.8, 4) is 0 Å². The molecule has 0 bridgehead atoms. The lowest BCUT2D eigenvalue weighted by Crippen LogP contribution is -2.41. The maximum absolute atomic E-state index is 12.9. The van der Waals surface area contributed by atoms with Crippen LogP contribution in [0.4, 0.5) is 5.69 Å². The lowest BCUT2D eigenvalue weighted by atomic mass is 9.77. The van der Waals surface area contributed by atoms with Crippen LogP contribution >= 0.6 is 11.8 Å². The highest BCUT2D eigenvalue weighted by Gasteiger charge is 2.42. The topological polar surface area (TPSA) is 20.3 Å². The summed E-state index contributed by atoms with van der Waals surface area (Å²) >= 11 is 1.88. The molecule has 0 fully saturated rings. The number of hydrogen-bond acceptors (Lipinski definition) is 2. The summed E-state index contributed by atoms with van der Waals surface area (Å²) in [6.45, 7) is 2.10. The average Bonchev–Trinajstić information content (AvgIpc) is 2.51. The molecule has 2 aliphatic rings. The van der Waals surface area contributed by atoms with Crippen molar-refractivity contribution in [2.45, 2.75) is 23.7 Å².